The number of aromatic nitrogens is 3. The molecule has 1 aromatic carbocycles. The van der Waals surface area contributed by atoms with E-state index in [1.165, 1.54) is 23.7 Å². The van der Waals surface area contributed by atoms with Gasteiger partial charge >= 0.3 is 0 Å². The second-order valence-corrected chi connectivity index (χ2v) is 9.86. The number of halogens is 1. The lowest BCUT2D eigenvalue weighted by atomic mass is 9.97. The maximum absolute atomic E-state index is 15.1. The highest BCUT2D eigenvalue weighted by Crippen LogP contribution is 2.37. The van der Waals surface area contributed by atoms with Gasteiger partial charge in [-0.25, -0.2) is 22.8 Å². The van der Waals surface area contributed by atoms with Crippen molar-refractivity contribution < 1.29 is 12.8 Å². The number of pyridine rings is 3. The van der Waals surface area contributed by atoms with E-state index in [1.807, 2.05) is 0 Å². The molecular weight excluding hydrogens is 445 g/mol. The van der Waals surface area contributed by atoms with Gasteiger partial charge in [-0.3, -0.25) is 9.29 Å². The molecule has 0 unspecified atom stereocenters. The van der Waals surface area contributed by atoms with E-state index in [9.17, 15) is 8.42 Å². The van der Waals surface area contributed by atoms with Crippen molar-refractivity contribution in [3.05, 3.63) is 59.9 Å². The first-order valence-corrected chi connectivity index (χ1v) is 11.6. The second kappa shape index (κ2) is 7.27. The SMILES string of the molecule is Cc1c(N)cncc1-c1cc2cc(Nc3ccc4c(n3)CS(=O)(=O)N4C)ncc2c(N)c1F. The van der Waals surface area contributed by atoms with Crippen LogP contribution in [0.15, 0.2) is 42.9 Å². The molecule has 0 spiro atoms. The van der Waals surface area contributed by atoms with E-state index in [0.29, 0.717) is 56.2 Å². The Labute approximate surface area is 189 Å². The number of nitrogens with zero attached hydrogens (tertiary/aromatic N) is 4. The molecule has 5 rings (SSSR count). The van der Waals surface area contributed by atoms with E-state index in [4.69, 9.17) is 11.5 Å². The van der Waals surface area contributed by atoms with E-state index >= 15 is 4.39 Å². The summed E-state index contributed by atoms with van der Waals surface area (Å²) in [6.07, 6.45) is 4.55. The van der Waals surface area contributed by atoms with Crippen LogP contribution in [0.2, 0.25) is 0 Å². The van der Waals surface area contributed by atoms with Gasteiger partial charge in [-0.15, -0.1) is 0 Å². The number of hydrogen-bond donors (Lipinski definition) is 3. The summed E-state index contributed by atoms with van der Waals surface area (Å²) in [5.41, 5.74) is 15.0. The summed E-state index contributed by atoms with van der Waals surface area (Å²) >= 11 is 0. The van der Waals surface area contributed by atoms with Gasteiger partial charge in [-0.2, -0.15) is 0 Å². The fourth-order valence-corrected chi connectivity index (χ4v) is 5.10. The molecule has 0 radical (unpaired) electrons. The van der Waals surface area contributed by atoms with Crippen molar-refractivity contribution in [2.24, 2.45) is 0 Å². The van der Waals surface area contributed by atoms with Gasteiger partial charge in [0.05, 0.1) is 29.0 Å². The van der Waals surface area contributed by atoms with Gasteiger partial charge < -0.3 is 16.8 Å². The molecule has 33 heavy (non-hydrogen) atoms. The Hall–Kier alpha value is -3.99. The first kappa shape index (κ1) is 20.9. The van der Waals surface area contributed by atoms with Crippen LogP contribution in [0.1, 0.15) is 11.3 Å². The van der Waals surface area contributed by atoms with E-state index in [-0.39, 0.29) is 11.4 Å². The molecule has 9 nitrogen and oxygen atoms in total. The lowest BCUT2D eigenvalue weighted by molar-refractivity contribution is 0.596. The van der Waals surface area contributed by atoms with Crippen LogP contribution in [-0.2, 0) is 15.8 Å². The molecule has 0 saturated carbocycles. The zero-order valence-corrected chi connectivity index (χ0v) is 18.6. The smallest absolute Gasteiger partial charge is 0.240 e. The van der Waals surface area contributed by atoms with Crippen molar-refractivity contribution in [2.45, 2.75) is 12.7 Å². The third-order valence-corrected chi connectivity index (χ3v) is 7.49. The average Bonchev–Trinajstić information content (AvgIpc) is 3.00. The van der Waals surface area contributed by atoms with Gasteiger partial charge in [0.25, 0.3) is 0 Å². The van der Waals surface area contributed by atoms with Crippen LogP contribution in [0.4, 0.5) is 33.1 Å². The summed E-state index contributed by atoms with van der Waals surface area (Å²) in [4.78, 5) is 12.8. The Morgan fingerprint density at radius 3 is 2.67 bits per heavy atom. The highest BCUT2D eigenvalue weighted by Gasteiger charge is 2.31. The van der Waals surface area contributed by atoms with Gasteiger partial charge in [0.1, 0.15) is 17.4 Å². The summed E-state index contributed by atoms with van der Waals surface area (Å²) in [7, 11) is -1.89. The fraction of sp³-hybridized carbons (Fsp3) is 0.136. The number of nitrogen functional groups attached to an aromatic ring is 2. The Bertz CT molecular complexity index is 1560. The molecule has 5 N–H and O–H groups in total. The monoisotopic (exact) mass is 465 g/mol. The predicted molar refractivity (Wildman–Crippen MR) is 127 cm³/mol. The van der Waals surface area contributed by atoms with Crippen LogP contribution < -0.4 is 21.1 Å². The van der Waals surface area contributed by atoms with Crippen molar-refractivity contribution in [2.75, 3.05) is 28.1 Å². The molecular formula is C22H20FN7O2S. The van der Waals surface area contributed by atoms with Crippen LogP contribution in [0.5, 0.6) is 0 Å². The molecule has 168 valence electrons. The molecule has 0 fully saturated rings. The number of benzene rings is 1. The summed E-state index contributed by atoms with van der Waals surface area (Å²) in [5, 5.41) is 4.20. The molecule has 4 aromatic rings. The molecule has 11 heteroatoms. The Morgan fingerprint density at radius 1 is 1.09 bits per heavy atom. The predicted octanol–water partition coefficient (Wildman–Crippen LogP) is 3.33. The van der Waals surface area contributed by atoms with Crippen LogP contribution in [0.3, 0.4) is 0 Å². The van der Waals surface area contributed by atoms with Crippen molar-refractivity contribution in [1.82, 2.24) is 15.0 Å². The minimum Gasteiger partial charge on any atom is -0.397 e. The van der Waals surface area contributed by atoms with E-state index in [0.717, 1.165) is 0 Å². The first-order valence-electron chi connectivity index (χ1n) is 9.97. The van der Waals surface area contributed by atoms with Crippen LogP contribution in [0, 0.1) is 12.7 Å². The van der Waals surface area contributed by atoms with E-state index < -0.39 is 15.8 Å². The van der Waals surface area contributed by atoms with E-state index in [2.05, 4.69) is 20.3 Å². The summed E-state index contributed by atoms with van der Waals surface area (Å²) in [5.74, 6) is 0.165. The van der Waals surface area contributed by atoms with Crippen molar-refractivity contribution in [3.8, 4) is 11.1 Å². The molecule has 0 atom stereocenters. The highest BCUT2D eigenvalue weighted by molar-refractivity contribution is 7.92. The largest absolute Gasteiger partial charge is 0.397 e. The lowest BCUT2D eigenvalue weighted by Gasteiger charge is -2.14. The van der Waals surface area contributed by atoms with Crippen LogP contribution in [0.25, 0.3) is 21.9 Å². The summed E-state index contributed by atoms with van der Waals surface area (Å²) in [6, 6.07) is 6.77. The molecule has 3 aromatic heterocycles. The standard InChI is InChI=1S/C22H20FN7O2S/c1-11-14(7-26-9-16(11)24)13-5-12-6-20(27-8-15(12)22(25)21(13)23)29-19-4-3-18-17(28-19)10-33(31,32)30(18)2/h3-9H,10,24-25H2,1-2H3,(H,27,28,29). The van der Waals surface area contributed by atoms with Gasteiger partial charge in [0, 0.05) is 36.0 Å². The molecule has 0 amide bonds. The Morgan fingerprint density at radius 2 is 1.88 bits per heavy atom. The number of nitrogens with two attached hydrogens (primary N) is 2. The summed E-state index contributed by atoms with van der Waals surface area (Å²) < 4.78 is 40.5. The lowest BCUT2D eigenvalue weighted by Crippen LogP contribution is -2.20. The topological polar surface area (TPSA) is 140 Å². The van der Waals surface area contributed by atoms with Crippen molar-refractivity contribution in [3.63, 3.8) is 0 Å². The Kier molecular flexibility index (Phi) is 4.60. The molecule has 0 bridgehead atoms. The van der Waals surface area contributed by atoms with E-state index in [1.54, 1.807) is 37.4 Å². The van der Waals surface area contributed by atoms with Gasteiger partial charge in [0.15, 0.2) is 5.82 Å². The van der Waals surface area contributed by atoms with Gasteiger partial charge in [-0.1, -0.05) is 0 Å². The van der Waals surface area contributed by atoms with Crippen LogP contribution >= 0.6 is 0 Å². The van der Waals surface area contributed by atoms with Gasteiger partial charge in [0.2, 0.25) is 10.0 Å². The maximum Gasteiger partial charge on any atom is 0.240 e. The number of sulfonamides is 1. The van der Waals surface area contributed by atoms with Crippen molar-refractivity contribution >= 4 is 49.5 Å². The zero-order valence-electron chi connectivity index (χ0n) is 17.8. The quantitative estimate of drug-likeness (QED) is 0.391. The summed E-state index contributed by atoms with van der Waals surface area (Å²) in [6.45, 7) is 1.79. The third-order valence-electron chi connectivity index (χ3n) is 5.83. The molecule has 4 heterocycles. The number of hydrogen-bond acceptors (Lipinski definition) is 8. The van der Waals surface area contributed by atoms with Gasteiger partial charge in [-0.05, 0) is 42.1 Å². The molecule has 0 aliphatic carbocycles. The van der Waals surface area contributed by atoms with Crippen molar-refractivity contribution in [1.29, 1.82) is 0 Å². The first-order chi connectivity index (χ1) is 15.7. The number of nitrogens with one attached hydrogen (secondary N) is 1. The molecule has 1 aliphatic rings. The minimum absolute atomic E-state index is 0.0210. The highest BCUT2D eigenvalue weighted by atomic mass is 32.2. The maximum atomic E-state index is 15.1. The van der Waals surface area contributed by atoms with Crippen LogP contribution in [-0.4, -0.2) is 30.4 Å². The minimum atomic E-state index is -3.39. The second-order valence-electron chi connectivity index (χ2n) is 7.85. The number of anilines is 5. The normalized spacial score (nSPS) is 14.5. The fourth-order valence-electron chi connectivity index (χ4n) is 3.88. The number of fused-ring (bicyclic) bond motifs is 2. The third kappa shape index (κ3) is 3.37. The average molecular weight is 466 g/mol. The molecule has 0 saturated heterocycles. The Balaban J connectivity index is 1.55. The zero-order chi connectivity index (χ0) is 23.5. The number of rotatable bonds is 3. The molecule has 1 aliphatic heterocycles.